The number of aliphatic hydroxyl groups excluding tert-OH is 1. The fourth-order valence-corrected chi connectivity index (χ4v) is 5.28. The Labute approximate surface area is 109 Å². The number of nitrogens with zero attached hydrogens (tertiary/aromatic N) is 3. The molecule has 1 saturated heterocycles. The van der Waals surface area contributed by atoms with Gasteiger partial charge in [-0.15, -0.1) is 10.2 Å². The topological polar surface area (TPSA) is 109 Å². The molecule has 2 heterocycles. The number of hydrogen-bond donors (Lipinski definition) is 2. The van der Waals surface area contributed by atoms with Gasteiger partial charge in [0.05, 0.1) is 6.10 Å². The molecule has 3 rings (SSSR count). The van der Waals surface area contributed by atoms with Crippen LogP contribution in [0.25, 0.3) is 0 Å². The molecule has 3 unspecified atom stereocenters. The summed E-state index contributed by atoms with van der Waals surface area (Å²) >= 11 is 0.874. The van der Waals surface area contributed by atoms with Crippen LogP contribution >= 0.6 is 11.3 Å². The van der Waals surface area contributed by atoms with E-state index in [1.54, 1.807) is 0 Å². The van der Waals surface area contributed by atoms with Gasteiger partial charge < -0.3 is 10.8 Å². The number of rotatable bonds is 2. The molecule has 9 heteroatoms. The number of aromatic nitrogens is 2. The number of sulfonamides is 1. The summed E-state index contributed by atoms with van der Waals surface area (Å²) < 4.78 is 25.9. The molecular formula is C9H14N4O3S2. The van der Waals surface area contributed by atoms with Gasteiger partial charge in [0.2, 0.25) is 9.47 Å². The average Bonchev–Trinajstić information content (AvgIpc) is 2.96. The van der Waals surface area contributed by atoms with Crippen LogP contribution in [-0.2, 0) is 10.0 Å². The van der Waals surface area contributed by atoms with Crippen molar-refractivity contribution in [2.75, 3.05) is 18.8 Å². The number of nitrogen functional groups attached to an aromatic ring is 1. The zero-order valence-corrected chi connectivity index (χ0v) is 11.2. The minimum Gasteiger partial charge on any atom is -0.393 e. The second-order valence-electron chi connectivity index (χ2n) is 4.80. The normalized spacial score (nSPS) is 32.8. The van der Waals surface area contributed by atoms with Crippen LogP contribution in [0, 0.1) is 11.8 Å². The first kappa shape index (κ1) is 12.3. The van der Waals surface area contributed by atoms with Gasteiger partial charge in [0.1, 0.15) is 0 Å². The third kappa shape index (κ3) is 1.81. The van der Waals surface area contributed by atoms with Crippen molar-refractivity contribution < 1.29 is 13.5 Å². The maximum Gasteiger partial charge on any atom is 0.272 e. The van der Waals surface area contributed by atoms with E-state index >= 15 is 0 Å². The van der Waals surface area contributed by atoms with E-state index < -0.39 is 10.0 Å². The molecule has 1 aliphatic heterocycles. The Morgan fingerprint density at radius 3 is 2.72 bits per heavy atom. The van der Waals surface area contributed by atoms with Gasteiger partial charge in [0.15, 0.2) is 0 Å². The maximum atomic E-state index is 12.3. The predicted molar refractivity (Wildman–Crippen MR) is 65.3 cm³/mol. The van der Waals surface area contributed by atoms with E-state index in [1.165, 1.54) is 4.31 Å². The Bertz CT molecular complexity index is 558. The summed E-state index contributed by atoms with van der Waals surface area (Å²) in [5.41, 5.74) is 5.41. The minimum atomic E-state index is -3.60. The van der Waals surface area contributed by atoms with Crippen molar-refractivity contribution in [2.45, 2.75) is 23.3 Å². The molecule has 0 bridgehead atoms. The number of aliphatic hydroxyl groups is 1. The van der Waals surface area contributed by atoms with Crippen molar-refractivity contribution in [2.24, 2.45) is 11.8 Å². The molecule has 3 N–H and O–H groups in total. The van der Waals surface area contributed by atoms with Crippen LogP contribution < -0.4 is 5.73 Å². The van der Waals surface area contributed by atoms with E-state index in [9.17, 15) is 13.5 Å². The fraction of sp³-hybridized carbons (Fsp3) is 0.778. The minimum absolute atomic E-state index is 0.0602. The number of anilines is 1. The third-order valence-electron chi connectivity index (χ3n) is 3.77. The van der Waals surface area contributed by atoms with Crippen LogP contribution in [-0.4, -0.2) is 47.2 Å². The molecule has 0 spiro atoms. The molecular weight excluding hydrogens is 276 g/mol. The summed E-state index contributed by atoms with van der Waals surface area (Å²) in [7, 11) is -3.60. The lowest BCUT2D eigenvalue weighted by molar-refractivity contribution is 0.129. The molecule has 7 nitrogen and oxygen atoms in total. The number of hydrogen-bond acceptors (Lipinski definition) is 7. The first-order valence-corrected chi connectivity index (χ1v) is 8.01. The average molecular weight is 290 g/mol. The molecule has 1 aromatic rings. The van der Waals surface area contributed by atoms with Gasteiger partial charge in [-0.2, -0.15) is 4.31 Å². The van der Waals surface area contributed by atoms with Crippen LogP contribution in [0.4, 0.5) is 5.13 Å². The van der Waals surface area contributed by atoms with Crippen LogP contribution in [0.2, 0.25) is 0 Å². The Balaban J connectivity index is 1.84. The van der Waals surface area contributed by atoms with Crippen molar-refractivity contribution in [1.82, 2.24) is 14.5 Å². The van der Waals surface area contributed by atoms with Crippen molar-refractivity contribution >= 4 is 26.5 Å². The highest BCUT2D eigenvalue weighted by Crippen LogP contribution is 2.40. The summed E-state index contributed by atoms with van der Waals surface area (Å²) in [4.78, 5) is 0. The van der Waals surface area contributed by atoms with Crippen molar-refractivity contribution in [1.29, 1.82) is 0 Å². The molecule has 0 aromatic carbocycles. The standard InChI is InChI=1S/C9H14N4O3S2/c10-8-11-12-9(17-8)18(15,16)13-3-5-1-2-7(14)6(5)4-13/h5-7,14H,1-4H2,(H2,10,11). The van der Waals surface area contributed by atoms with Crippen LogP contribution in [0.5, 0.6) is 0 Å². The molecule has 2 aliphatic rings. The summed E-state index contributed by atoms with van der Waals surface area (Å²) in [6.45, 7) is 0.831. The third-order valence-corrected chi connectivity index (χ3v) is 6.70. The van der Waals surface area contributed by atoms with E-state index in [2.05, 4.69) is 10.2 Å². The van der Waals surface area contributed by atoms with E-state index in [-0.39, 0.29) is 27.4 Å². The Morgan fingerprint density at radius 1 is 1.33 bits per heavy atom. The monoisotopic (exact) mass is 290 g/mol. The molecule has 1 aromatic heterocycles. The molecule has 0 amide bonds. The highest BCUT2D eigenvalue weighted by molar-refractivity contribution is 7.91. The molecule has 100 valence electrons. The van der Waals surface area contributed by atoms with Gasteiger partial charge >= 0.3 is 0 Å². The summed E-state index contributed by atoms with van der Waals surface area (Å²) in [5, 5.41) is 17.1. The van der Waals surface area contributed by atoms with Gasteiger partial charge in [-0.3, -0.25) is 0 Å². The maximum absolute atomic E-state index is 12.3. The molecule has 0 radical (unpaired) electrons. The Morgan fingerprint density at radius 2 is 2.11 bits per heavy atom. The van der Waals surface area contributed by atoms with Gasteiger partial charge in [-0.25, -0.2) is 8.42 Å². The summed E-state index contributed by atoms with van der Waals surface area (Å²) in [6.07, 6.45) is 1.28. The molecule has 18 heavy (non-hydrogen) atoms. The van der Waals surface area contributed by atoms with Gasteiger partial charge in [0.25, 0.3) is 10.0 Å². The Kier molecular flexibility index (Phi) is 2.81. The van der Waals surface area contributed by atoms with E-state index in [4.69, 9.17) is 5.73 Å². The SMILES string of the molecule is Nc1nnc(S(=O)(=O)N2CC3CCC(O)C3C2)s1. The van der Waals surface area contributed by atoms with Crippen molar-refractivity contribution in [3.63, 3.8) is 0 Å². The fourth-order valence-electron chi connectivity index (χ4n) is 2.83. The smallest absolute Gasteiger partial charge is 0.272 e. The lowest BCUT2D eigenvalue weighted by Gasteiger charge is -2.16. The second-order valence-corrected chi connectivity index (χ2v) is 7.92. The van der Waals surface area contributed by atoms with Crippen LogP contribution in [0.15, 0.2) is 4.34 Å². The molecule has 1 saturated carbocycles. The predicted octanol–water partition coefficient (Wildman–Crippen LogP) is -0.488. The molecule has 3 atom stereocenters. The lowest BCUT2D eigenvalue weighted by Crippen LogP contribution is -2.31. The van der Waals surface area contributed by atoms with E-state index in [0.29, 0.717) is 13.1 Å². The van der Waals surface area contributed by atoms with Gasteiger partial charge in [0, 0.05) is 19.0 Å². The second kappa shape index (κ2) is 4.12. The zero-order chi connectivity index (χ0) is 12.9. The van der Waals surface area contributed by atoms with E-state index in [1.807, 2.05) is 0 Å². The van der Waals surface area contributed by atoms with Gasteiger partial charge in [-0.05, 0) is 18.8 Å². The van der Waals surface area contributed by atoms with Crippen LogP contribution in [0.1, 0.15) is 12.8 Å². The summed E-state index contributed by atoms with van der Waals surface area (Å²) in [5.74, 6) is 0.324. The van der Waals surface area contributed by atoms with E-state index in [0.717, 1.165) is 24.2 Å². The van der Waals surface area contributed by atoms with Gasteiger partial charge in [-0.1, -0.05) is 11.3 Å². The first-order chi connectivity index (χ1) is 8.48. The van der Waals surface area contributed by atoms with Crippen LogP contribution in [0.3, 0.4) is 0 Å². The molecule has 1 aliphatic carbocycles. The Hall–Kier alpha value is -0.770. The lowest BCUT2D eigenvalue weighted by atomic mass is 10.00. The number of nitrogens with two attached hydrogens (primary N) is 1. The molecule has 2 fully saturated rings. The highest BCUT2D eigenvalue weighted by Gasteiger charge is 2.46. The highest BCUT2D eigenvalue weighted by atomic mass is 32.2. The van der Waals surface area contributed by atoms with Crippen molar-refractivity contribution in [3.8, 4) is 0 Å². The quantitative estimate of drug-likeness (QED) is 0.761. The van der Waals surface area contributed by atoms with Crippen molar-refractivity contribution in [3.05, 3.63) is 0 Å². The zero-order valence-electron chi connectivity index (χ0n) is 9.56. The summed E-state index contributed by atoms with van der Waals surface area (Å²) in [6, 6.07) is 0. The number of fused-ring (bicyclic) bond motifs is 1. The largest absolute Gasteiger partial charge is 0.393 e. The first-order valence-electron chi connectivity index (χ1n) is 5.75.